The zero-order valence-corrected chi connectivity index (χ0v) is 19.6. The Labute approximate surface area is 202 Å². The first kappa shape index (κ1) is 21.1. The second-order valence-corrected chi connectivity index (χ2v) is 8.25. The number of hydrogen-bond donors (Lipinski definition) is 1. The van der Waals surface area contributed by atoms with Crippen LogP contribution in [-0.2, 0) is 0 Å². The van der Waals surface area contributed by atoms with Crippen LogP contribution >= 0.6 is 0 Å². The van der Waals surface area contributed by atoms with Crippen LogP contribution in [0.3, 0.4) is 0 Å². The molecule has 0 amide bonds. The van der Waals surface area contributed by atoms with Gasteiger partial charge in [-0.25, -0.2) is 4.68 Å². The van der Waals surface area contributed by atoms with E-state index in [0.29, 0.717) is 23.2 Å². The molecule has 35 heavy (non-hydrogen) atoms. The molecule has 3 heterocycles. The zero-order chi connectivity index (χ0) is 23.9. The highest BCUT2D eigenvalue weighted by molar-refractivity contribution is 5.85. The van der Waals surface area contributed by atoms with Crippen molar-refractivity contribution in [1.29, 1.82) is 0 Å². The van der Waals surface area contributed by atoms with Gasteiger partial charge in [-0.05, 0) is 29.8 Å². The van der Waals surface area contributed by atoms with Gasteiger partial charge in [0.15, 0.2) is 11.5 Å². The van der Waals surface area contributed by atoms with E-state index in [0.717, 1.165) is 33.7 Å². The number of rotatable bonds is 5. The van der Waals surface area contributed by atoms with Crippen molar-refractivity contribution >= 4 is 11.6 Å². The van der Waals surface area contributed by atoms with Gasteiger partial charge in [0.05, 0.1) is 27.0 Å². The smallest absolute Gasteiger partial charge is 0.226 e. The maximum atomic E-state index is 6.69. The lowest BCUT2D eigenvalue weighted by molar-refractivity contribution is 0.221. The van der Waals surface area contributed by atoms with Gasteiger partial charge in [-0.15, -0.1) is 0 Å². The third kappa shape index (κ3) is 3.29. The van der Waals surface area contributed by atoms with Crippen molar-refractivity contribution < 1.29 is 18.9 Å². The summed E-state index contributed by atoms with van der Waals surface area (Å²) in [5.41, 5.74) is 4.89. The molecule has 2 aliphatic rings. The molecule has 2 atom stereocenters. The minimum Gasteiger partial charge on any atom is -0.493 e. The fourth-order valence-electron chi connectivity index (χ4n) is 4.90. The van der Waals surface area contributed by atoms with Gasteiger partial charge in [-0.1, -0.05) is 42.5 Å². The minimum absolute atomic E-state index is 0.234. The van der Waals surface area contributed by atoms with Crippen LogP contribution in [0.15, 0.2) is 78.6 Å². The summed E-state index contributed by atoms with van der Waals surface area (Å²) in [6.07, 6.45) is 1.11. The largest absolute Gasteiger partial charge is 0.493 e. The Morgan fingerprint density at radius 3 is 2.29 bits per heavy atom. The molecule has 176 valence electrons. The van der Waals surface area contributed by atoms with Crippen LogP contribution < -0.4 is 24.3 Å². The van der Waals surface area contributed by atoms with Crippen molar-refractivity contribution in [3.8, 4) is 23.0 Å². The van der Waals surface area contributed by atoms with E-state index >= 15 is 0 Å². The van der Waals surface area contributed by atoms with Crippen molar-refractivity contribution in [1.82, 2.24) is 14.8 Å². The van der Waals surface area contributed by atoms with Crippen LogP contribution in [-0.4, -0.2) is 36.1 Å². The number of methoxy groups -OCH3 is 3. The Hall–Kier alpha value is -4.46. The van der Waals surface area contributed by atoms with Crippen molar-refractivity contribution in [2.45, 2.75) is 12.1 Å². The zero-order valence-electron chi connectivity index (χ0n) is 19.6. The lowest BCUT2D eigenvalue weighted by Crippen LogP contribution is -2.32. The van der Waals surface area contributed by atoms with E-state index in [4.69, 9.17) is 18.9 Å². The maximum Gasteiger partial charge on any atom is 0.226 e. The van der Waals surface area contributed by atoms with E-state index in [-0.39, 0.29) is 6.04 Å². The van der Waals surface area contributed by atoms with Crippen LogP contribution in [0.4, 0.5) is 5.95 Å². The van der Waals surface area contributed by atoms with Gasteiger partial charge in [0.1, 0.15) is 24.2 Å². The van der Waals surface area contributed by atoms with Gasteiger partial charge in [0.25, 0.3) is 0 Å². The molecular formula is C27H24N4O4. The molecule has 0 bridgehead atoms. The standard InChI is InChI=1S/C27H24N4O4/c1-32-20-13-17(14-21(33-2)26(20)34-3)25-22-23(18-11-7-8-12-19(18)35-25)30-27-28-15-29-31(27)24(22)16-9-5-4-6-10-16/h4-15,24-25H,1-3H3,(H,28,29,30)/t24-,25+/m0/s1. The topological polar surface area (TPSA) is 79.7 Å². The summed E-state index contributed by atoms with van der Waals surface area (Å²) in [4.78, 5) is 4.48. The number of aromatic nitrogens is 3. The Morgan fingerprint density at radius 2 is 1.57 bits per heavy atom. The van der Waals surface area contributed by atoms with Gasteiger partial charge >= 0.3 is 0 Å². The molecular weight excluding hydrogens is 444 g/mol. The molecule has 4 aromatic rings. The molecule has 0 saturated heterocycles. The number of benzene rings is 3. The summed E-state index contributed by atoms with van der Waals surface area (Å²) < 4.78 is 25.4. The molecule has 0 aliphatic carbocycles. The minimum atomic E-state index is -0.455. The molecule has 1 aromatic heterocycles. The quantitative estimate of drug-likeness (QED) is 0.448. The summed E-state index contributed by atoms with van der Waals surface area (Å²) in [5.74, 6) is 3.11. The number of fused-ring (bicyclic) bond motifs is 3. The van der Waals surface area contributed by atoms with Crippen molar-refractivity contribution in [3.05, 3.63) is 95.3 Å². The summed E-state index contributed by atoms with van der Waals surface area (Å²) in [6, 6.07) is 21.9. The third-order valence-electron chi connectivity index (χ3n) is 6.43. The number of para-hydroxylation sites is 1. The number of nitrogens with zero attached hydrogens (tertiary/aromatic N) is 3. The Morgan fingerprint density at radius 1 is 0.857 bits per heavy atom. The van der Waals surface area contributed by atoms with Crippen LogP contribution in [0, 0.1) is 0 Å². The first-order valence-corrected chi connectivity index (χ1v) is 11.2. The summed E-state index contributed by atoms with van der Waals surface area (Å²) in [7, 11) is 4.82. The SMILES string of the molecule is COc1cc([C@H]2Oc3ccccc3C3=C2[C@H](c2ccccc2)n2ncnc2N3)cc(OC)c1OC. The van der Waals surface area contributed by atoms with Crippen molar-refractivity contribution in [2.24, 2.45) is 0 Å². The fraction of sp³-hybridized carbons (Fsp3) is 0.185. The van der Waals surface area contributed by atoms with Crippen LogP contribution in [0.25, 0.3) is 5.70 Å². The molecule has 0 saturated carbocycles. The molecule has 3 aromatic carbocycles. The molecule has 6 rings (SSSR count). The van der Waals surface area contributed by atoms with E-state index in [1.54, 1.807) is 27.7 Å². The molecule has 0 spiro atoms. The fourth-order valence-corrected chi connectivity index (χ4v) is 4.90. The lowest BCUT2D eigenvalue weighted by atomic mass is 9.84. The highest BCUT2D eigenvalue weighted by Gasteiger charge is 2.41. The number of hydrogen-bond acceptors (Lipinski definition) is 7. The third-order valence-corrected chi connectivity index (χ3v) is 6.43. The number of anilines is 1. The summed E-state index contributed by atoms with van der Waals surface area (Å²) in [5, 5.41) is 8.08. The monoisotopic (exact) mass is 468 g/mol. The van der Waals surface area contributed by atoms with Crippen LogP contribution in [0.5, 0.6) is 23.0 Å². The van der Waals surface area contributed by atoms with Gasteiger partial charge < -0.3 is 24.3 Å². The van der Waals surface area contributed by atoms with Crippen molar-refractivity contribution in [3.63, 3.8) is 0 Å². The molecule has 2 aliphatic heterocycles. The predicted octanol–water partition coefficient (Wildman–Crippen LogP) is 4.86. The highest BCUT2D eigenvalue weighted by Crippen LogP contribution is 2.52. The van der Waals surface area contributed by atoms with E-state index in [2.05, 4.69) is 33.6 Å². The Kier molecular flexibility index (Phi) is 5.06. The predicted molar refractivity (Wildman–Crippen MR) is 131 cm³/mol. The van der Waals surface area contributed by atoms with Crippen LogP contribution in [0.1, 0.15) is 28.8 Å². The van der Waals surface area contributed by atoms with E-state index in [1.165, 1.54) is 0 Å². The first-order chi connectivity index (χ1) is 17.2. The number of ether oxygens (including phenoxy) is 4. The Balaban J connectivity index is 1.62. The molecule has 0 fully saturated rings. The van der Waals surface area contributed by atoms with E-state index in [1.807, 2.05) is 53.2 Å². The second-order valence-electron chi connectivity index (χ2n) is 8.25. The van der Waals surface area contributed by atoms with Gasteiger partial charge in [-0.2, -0.15) is 10.1 Å². The molecule has 1 N–H and O–H groups in total. The first-order valence-electron chi connectivity index (χ1n) is 11.2. The number of nitrogens with one attached hydrogen (secondary N) is 1. The van der Waals surface area contributed by atoms with Crippen molar-refractivity contribution in [2.75, 3.05) is 26.6 Å². The molecule has 8 nitrogen and oxygen atoms in total. The van der Waals surface area contributed by atoms with Crippen LogP contribution in [0.2, 0.25) is 0 Å². The summed E-state index contributed by atoms with van der Waals surface area (Å²) >= 11 is 0. The van der Waals surface area contributed by atoms with Gasteiger partial charge in [0, 0.05) is 16.7 Å². The molecule has 0 unspecified atom stereocenters. The Bertz CT molecular complexity index is 1410. The molecule has 0 radical (unpaired) electrons. The highest BCUT2D eigenvalue weighted by atomic mass is 16.5. The average Bonchev–Trinajstić information content (AvgIpc) is 3.39. The maximum absolute atomic E-state index is 6.69. The normalized spacial score (nSPS) is 17.9. The summed E-state index contributed by atoms with van der Waals surface area (Å²) in [6.45, 7) is 0. The average molecular weight is 469 g/mol. The van der Waals surface area contributed by atoms with E-state index in [9.17, 15) is 0 Å². The van der Waals surface area contributed by atoms with Gasteiger partial charge in [-0.3, -0.25) is 0 Å². The van der Waals surface area contributed by atoms with E-state index < -0.39 is 6.10 Å². The molecule has 8 heteroatoms. The lowest BCUT2D eigenvalue weighted by Gasteiger charge is -2.39. The van der Waals surface area contributed by atoms with Gasteiger partial charge in [0.2, 0.25) is 11.7 Å². The second kappa shape index (κ2) is 8.39.